The lowest BCUT2D eigenvalue weighted by molar-refractivity contribution is 0.121. The molecule has 0 heterocycles. The molecule has 1 atom stereocenters. The molecule has 3 nitrogen and oxygen atoms in total. The Kier molecular flexibility index (Phi) is 11.5. The van der Waals surface area contributed by atoms with Gasteiger partial charge < -0.3 is 10.1 Å². The summed E-state index contributed by atoms with van der Waals surface area (Å²) in [6, 6.07) is 0.674. The van der Waals surface area contributed by atoms with Gasteiger partial charge >= 0.3 is 0 Å². The second kappa shape index (κ2) is 11.5. The molecule has 0 bridgehead atoms. The molecule has 0 rings (SSSR count). The lowest BCUT2D eigenvalue weighted by Crippen LogP contribution is -2.36. The molecule has 0 aromatic heterocycles. The zero-order valence-electron chi connectivity index (χ0n) is 14.8. The molecule has 20 heavy (non-hydrogen) atoms. The highest BCUT2D eigenvalue weighted by Gasteiger charge is 2.11. The Bertz CT molecular complexity index is 214. The Morgan fingerprint density at radius 2 is 1.70 bits per heavy atom. The average molecular weight is 287 g/mol. The Morgan fingerprint density at radius 1 is 1.05 bits per heavy atom. The van der Waals surface area contributed by atoms with Crippen LogP contribution in [0.3, 0.4) is 0 Å². The normalized spacial score (nSPS) is 13.9. The van der Waals surface area contributed by atoms with Gasteiger partial charge in [0, 0.05) is 25.2 Å². The average Bonchev–Trinajstić information content (AvgIpc) is 2.39. The molecule has 0 aliphatic rings. The summed E-state index contributed by atoms with van der Waals surface area (Å²) in [4.78, 5) is 2.57. The molecule has 122 valence electrons. The summed E-state index contributed by atoms with van der Waals surface area (Å²) in [6.45, 7) is 15.5. The topological polar surface area (TPSA) is 24.5 Å². The van der Waals surface area contributed by atoms with Crippen LogP contribution in [-0.4, -0.2) is 49.8 Å². The van der Waals surface area contributed by atoms with Gasteiger partial charge in [-0.1, -0.05) is 19.8 Å². The highest BCUT2D eigenvalue weighted by atomic mass is 16.5. The molecule has 0 spiro atoms. The van der Waals surface area contributed by atoms with E-state index in [4.69, 9.17) is 4.74 Å². The molecule has 0 amide bonds. The predicted molar refractivity (Wildman–Crippen MR) is 89.4 cm³/mol. The number of nitrogens with zero attached hydrogens (tertiary/aromatic N) is 1. The molecular formula is C17H38N2O. The van der Waals surface area contributed by atoms with E-state index in [1.807, 2.05) is 0 Å². The molecule has 0 aromatic rings. The monoisotopic (exact) mass is 286 g/mol. The second-order valence-electron chi connectivity index (χ2n) is 6.88. The minimum Gasteiger partial charge on any atom is -0.383 e. The van der Waals surface area contributed by atoms with Crippen molar-refractivity contribution in [2.45, 2.75) is 78.3 Å². The van der Waals surface area contributed by atoms with E-state index in [-0.39, 0.29) is 5.54 Å². The first-order valence-corrected chi connectivity index (χ1v) is 8.38. The summed E-state index contributed by atoms with van der Waals surface area (Å²) in [5, 5.41) is 3.55. The summed E-state index contributed by atoms with van der Waals surface area (Å²) in [5.74, 6) is 0. The zero-order valence-corrected chi connectivity index (χ0v) is 14.8. The van der Waals surface area contributed by atoms with Crippen molar-refractivity contribution in [1.29, 1.82) is 0 Å². The largest absolute Gasteiger partial charge is 0.383 e. The number of unbranched alkanes of at least 4 members (excludes halogenated alkanes) is 3. The van der Waals surface area contributed by atoms with Gasteiger partial charge in [-0.3, -0.25) is 4.90 Å². The smallest absolute Gasteiger partial charge is 0.0589 e. The first kappa shape index (κ1) is 19.9. The summed E-state index contributed by atoms with van der Waals surface area (Å²) < 4.78 is 5.21. The fraction of sp³-hybridized carbons (Fsp3) is 1.00. The number of rotatable bonds is 12. The van der Waals surface area contributed by atoms with E-state index in [1.165, 1.54) is 38.6 Å². The number of nitrogens with one attached hydrogen (secondary N) is 1. The zero-order chi connectivity index (χ0) is 15.4. The number of methoxy groups -OCH3 is 1. The third-order valence-corrected chi connectivity index (χ3v) is 3.82. The van der Waals surface area contributed by atoms with Crippen molar-refractivity contribution in [2.75, 3.05) is 33.4 Å². The Hall–Kier alpha value is -0.120. The van der Waals surface area contributed by atoms with Crippen molar-refractivity contribution in [3.63, 3.8) is 0 Å². The molecule has 1 N–H and O–H groups in total. The Labute approximate surface area is 127 Å². The van der Waals surface area contributed by atoms with Crippen molar-refractivity contribution in [3.8, 4) is 0 Å². The van der Waals surface area contributed by atoms with Crippen LogP contribution in [0, 0.1) is 0 Å². The molecule has 0 aliphatic heterocycles. The van der Waals surface area contributed by atoms with Crippen molar-refractivity contribution < 1.29 is 4.74 Å². The number of ether oxygens (including phenoxy) is 1. The maximum absolute atomic E-state index is 5.21. The first-order valence-electron chi connectivity index (χ1n) is 8.38. The van der Waals surface area contributed by atoms with Crippen molar-refractivity contribution in [1.82, 2.24) is 10.2 Å². The Morgan fingerprint density at radius 3 is 2.25 bits per heavy atom. The van der Waals surface area contributed by atoms with Crippen LogP contribution in [0.1, 0.15) is 66.7 Å². The van der Waals surface area contributed by atoms with Gasteiger partial charge in [0.1, 0.15) is 0 Å². The van der Waals surface area contributed by atoms with E-state index in [1.54, 1.807) is 7.11 Å². The molecule has 0 saturated heterocycles. The summed E-state index contributed by atoms with van der Waals surface area (Å²) in [6.07, 6.45) is 6.49. The van der Waals surface area contributed by atoms with E-state index < -0.39 is 0 Å². The summed E-state index contributed by atoms with van der Waals surface area (Å²) in [7, 11) is 1.79. The number of hydrogen-bond acceptors (Lipinski definition) is 3. The van der Waals surface area contributed by atoms with Crippen molar-refractivity contribution in [3.05, 3.63) is 0 Å². The van der Waals surface area contributed by atoms with Gasteiger partial charge in [-0.2, -0.15) is 0 Å². The quantitative estimate of drug-likeness (QED) is 0.554. The molecule has 0 fully saturated rings. The van der Waals surface area contributed by atoms with E-state index >= 15 is 0 Å². The molecule has 1 unspecified atom stereocenters. The predicted octanol–water partition coefficient (Wildman–Crippen LogP) is 3.68. The molecule has 3 heteroatoms. The third-order valence-electron chi connectivity index (χ3n) is 3.82. The van der Waals surface area contributed by atoms with Crippen LogP contribution in [0.15, 0.2) is 0 Å². The van der Waals surface area contributed by atoms with Crippen LogP contribution in [0.2, 0.25) is 0 Å². The minimum absolute atomic E-state index is 0.257. The molecule has 0 aliphatic carbocycles. The van der Waals surface area contributed by atoms with Gasteiger partial charge in [0.25, 0.3) is 0 Å². The lowest BCUT2D eigenvalue weighted by Gasteiger charge is -2.28. The standard InChI is InChI=1S/C17H38N2O/c1-7-16(2)19(14-15-20-6)13-11-9-8-10-12-18-17(3,4)5/h16,18H,7-15H2,1-6H3. The maximum atomic E-state index is 5.21. The Balaban J connectivity index is 3.62. The lowest BCUT2D eigenvalue weighted by atomic mass is 10.1. The third kappa shape index (κ3) is 11.7. The second-order valence-corrected chi connectivity index (χ2v) is 6.88. The van der Waals surface area contributed by atoms with Crippen LogP contribution >= 0.6 is 0 Å². The van der Waals surface area contributed by atoms with Crippen LogP contribution in [0.5, 0.6) is 0 Å². The number of hydrogen-bond donors (Lipinski definition) is 1. The van der Waals surface area contributed by atoms with E-state index in [9.17, 15) is 0 Å². The fourth-order valence-electron chi connectivity index (χ4n) is 2.28. The molecule has 0 radical (unpaired) electrons. The summed E-state index contributed by atoms with van der Waals surface area (Å²) in [5.41, 5.74) is 0.257. The van der Waals surface area contributed by atoms with Crippen molar-refractivity contribution >= 4 is 0 Å². The van der Waals surface area contributed by atoms with Gasteiger partial charge in [-0.25, -0.2) is 0 Å². The van der Waals surface area contributed by atoms with E-state index in [2.05, 4.69) is 44.8 Å². The van der Waals surface area contributed by atoms with Crippen molar-refractivity contribution in [2.24, 2.45) is 0 Å². The minimum atomic E-state index is 0.257. The van der Waals surface area contributed by atoms with Gasteiger partial charge in [-0.15, -0.1) is 0 Å². The SMILES string of the molecule is CCC(C)N(CCCCCCNC(C)(C)C)CCOC. The first-order chi connectivity index (χ1) is 9.40. The highest BCUT2D eigenvalue weighted by molar-refractivity contribution is 4.70. The van der Waals surface area contributed by atoms with Crippen LogP contribution in [0.4, 0.5) is 0 Å². The maximum Gasteiger partial charge on any atom is 0.0589 e. The van der Waals surface area contributed by atoms with Crippen LogP contribution in [-0.2, 0) is 4.74 Å². The summed E-state index contributed by atoms with van der Waals surface area (Å²) >= 11 is 0. The van der Waals surface area contributed by atoms with Crippen LogP contribution in [0.25, 0.3) is 0 Å². The van der Waals surface area contributed by atoms with Crippen LogP contribution < -0.4 is 5.32 Å². The molecule has 0 saturated carbocycles. The fourth-order valence-corrected chi connectivity index (χ4v) is 2.28. The van der Waals surface area contributed by atoms with Gasteiger partial charge in [0.05, 0.1) is 6.61 Å². The van der Waals surface area contributed by atoms with Gasteiger partial charge in [-0.05, 0) is 60.0 Å². The molecular weight excluding hydrogens is 248 g/mol. The van der Waals surface area contributed by atoms with E-state index in [0.717, 1.165) is 19.7 Å². The van der Waals surface area contributed by atoms with Gasteiger partial charge in [0.2, 0.25) is 0 Å². The van der Waals surface area contributed by atoms with Gasteiger partial charge in [0.15, 0.2) is 0 Å². The highest BCUT2D eigenvalue weighted by Crippen LogP contribution is 2.08. The molecule has 0 aromatic carbocycles. The van der Waals surface area contributed by atoms with E-state index in [0.29, 0.717) is 6.04 Å².